The lowest BCUT2D eigenvalue weighted by Crippen LogP contribution is -2.09. The van der Waals surface area contributed by atoms with Crippen molar-refractivity contribution in [3.8, 4) is 45.0 Å². The molecule has 0 bridgehead atoms. The van der Waals surface area contributed by atoms with Crippen LogP contribution in [0, 0.1) is 0 Å². The molecule has 0 amide bonds. The van der Waals surface area contributed by atoms with Crippen molar-refractivity contribution in [2.45, 2.75) is 0 Å². The summed E-state index contributed by atoms with van der Waals surface area (Å²) in [7, 11) is 0. The maximum atomic E-state index is 6.61. The summed E-state index contributed by atoms with van der Waals surface area (Å²) in [5.41, 5.74) is 11.9. The Morgan fingerprint density at radius 2 is 0.800 bits per heavy atom. The Hall–Kier alpha value is -6.78. The van der Waals surface area contributed by atoms with Crippen LogP contribution < -0.4 is 4.90 Å². The first-order valence-electron chi connectivity index (χ1n) is 16.7. The van der Waals surface area contributed by atoms with Crippen LogP contribution in [0.1, 0.15) is 0 Å². The van der Waals surface area contributed by atoms with Crippen LogP contribution >= 0.6 is 0 Å². The summed E-state index contributed by atoms with van der Waals surface area (Å²) in [4.78, 5) is 12.3. The topological polar surface area (TPSA) is 42.2 Å². The summed E-state index contributed by atoms with van der Waals surface area (Å²) in [5, 5.41) is 2.13. The van der Waals surface area contributed by atoms with E-state index >= 15 is 0 Å². The highest BCUT2D eigenvalue weighted by Gasteiger charge is 2.17. The molecular weight excluding hydrogens is 611 g/mol. The van der Waals surface area contributed by atoms with Crippen molar-refractivity contribution in [1.29, 1.82) is 0 Å². The van der Waals surface area contributed by atoms with Crippen LogP contribution in [-0.2, 0) is 0 Å². The first-order valence-corrected chi connectivity index (χ1v) is 16.7. The van der Waals surface area contributed by atoms with E-state index in [2.05, 4.69) is 132 Å². The van der Waals surface area contributed by atoms with Crippen LogP contribution in [-0.4, -0.2) is 9.97 Å². The molecule has 0 atom stereocenters. The Labute approximate surface area is 290 Å². The first kappa shape index (κ1) is 29.4. The van der Waals surface area contributed by atoms with Gasteiger partial charge in [0.15, 0.2) is 5.82 Å². The van der Waals surface area contributed by atoms with Gasteiger partial charge in [-0.05, 0) is 65.7 Å². The number of benzene rings is 7. The van der Waals surface area contributed by atoms with Crippen molar-refractivity contribution in [2.75, 3.05) is 4.90 Å². The molecule has 0 spiro atoms. The molecule has 7 aromatic carbocycles. The quantitative estimate of drug-likeness (QED) is 0.174. The standard InChI is InChI=1S/C46H31N3O/c1-5-13-32(14-6-1)33-21-24-38(25-22-33)49(37-19-11-4-12-20-37)39-26-28-41-40-27-23-36(29-44(40)50-45(41)30-39)43-31-42(34-15-7-2-8-16-34)47-46(48-43)35-17-9-3-10-18-35/h1-31H. The summed E-state index contributed by atoms with van der Waals surface area (Å²) in [6.45, 7) is 0. The predicted octanol–water partition coefficient (Wildman–Crippen LogP) is 12.5. The van der Waals surface area contributed by atoms with Gasteiger partial charge in [-0.15, -0.1) is 0 Å². The number of hydrogen-bond donors (Lipinski definition) is 0. The number of nitrogens with zero attached hydrogens (tertiary/aromatic N) is 3. The van der Waals surface area contributed by atoms with Gasteiger partial charge in [0.25, 0.3) is 0 Å². The molecule has 4 nitrogen and oxygen atoms in total. The van der Waals surface area contributed by atoms with Gasteiger partial charge < -0.3 is 9.32 Å². The number of hydrogen-bond acceptors (Lipinski definition) is 4. The molecule has 2 heterocycles. The van der Waals surface area contributed by atoms with E-state index in [1.54, 1.807) is 0 Å². The van der Waals surface area contributed by atoms with Gasteiger partial charge in [0.05, 0.1) is 11.4 Å². The van der Waals surface area contributed by atoms with E-state index in [-0.39, 0.29) is 0 Å². The third-order valence-corrected chi connectivity index (χ3v) is 9.09. The number of fused-ring (bicyclic) bond motifs is 3. The van der Waals surface area contributed by atoms with Gasteiger partial charge >= 0.3 is 0 Å². The highest BCUT2D eigenvalue weighted by atomic mass is 16.3. The number of anilines is 3. The summed E-state index contributed by atoms with van der Waals surface area (Å²) in [6, 6.07) is 64.9. The second kappa shape index (κ2) is 12.7. The Morgan fingerprint density at radius 3 is 1.46 bits per heavy atom. The molecular formula is C46H31N3O. The van der Waals surface area contributed by atoms with E-state index in [0.717, 1.165) is 67.1 Å². The molecule has 9 rings (SSSR count). The van der Waals surface area contributed by atoms with Crippen molar-refractivity contribution < 1.29 is 4.42 Å². The number of para-hydroxylation sites is 1. The molecule has 0 saturated carbocycles. The van der Waals surface area contributed by atoms with Gasteiger partial charge in [0.1, 0.15) is 11.2 Å². The van der Waals surface area contributed by atoms with E-state index < -0.39 is 0 Å². The summed E-state index contributed by atoms with van der Waals surface area (Å²) >= 11 is 0. The van der Waals surface area contributed by atoms with E-state index in [1.807, 2.05) is 60.7 Å². The highest BCUT2D eigenvalue weighted by molar-refractivity contribution is 6.07. The predicted molar refractivity (Wildman–Crippen MR) is 206 cm³/mol. The van der Waals surface area contributed by atoms with Crippen molar-refractivity contribution in [1.82, 2.24) is 9.97 Å². The largest absolute Gasteiger partial charge is 0.456 e. The lowest BCUT2D eigenvalue weighted by atomic mass is 10.0. The molecule has 4 heteroatoms. The Morgan fingerprint density at radius 1 is 0.340 bits per heavy atom. The van der Waals surface area contributed by atoms with Crippen LogP contribution in [0.5, 0.6) is 0 Å². The average Bonchev–Trinajstić information content (AvgIpc) is 3.57. The number of rotatable bonds is 7. The summed E-state index contributed by atoms with van der Waals surface area (Å²) in [6.07, 6.45) is 0. The van der Waals surface area contributed by atoms with Crippen LogP contribution in [0.2, 0.25) is 0 Å². The fraction of sp³-hybridized carbons (Fsp3) is 0. The Balaban J connectivity index is 1.12. The zero-order valence-corrected chi connectivity index (χ0v) is 27.1. The highest BCUT2D eigenvalue weighted by Crippen LogP contribution is 2.40. The lowest BCUT2D eigenvalue weighted by molar-refractivity contribution is 0.669. The van der Waals surface area contributed by atoms with E-state index in [9.17, 15) is 0 Å². The van der Waals surface area contributed by atoms with Crippen LogP contribution in [0.25, 0.3) is 67.0 Å². The average molecular weight is 642 g/mol. The molecule has 0 radical (unpaired) electrons. The number of furan rings is 1. The van der Waals surface area contributed by atoms with E-state index in [1.165, 1.54) is 11.1 Å². The molecule has 0 N–H and O–H groups in total. The van der Waals surface area contributed by atoms with Gasteiger partial charge in [0, 0.05) is 50.6 Å². The van der Waals surface area contributed by atoms with Crippen LogP contribution in [0.4, 0.5) is 17.1 Å². The molecule has 0 aliphatic rings. The second-order valence-electron chi connectivity index (χ2n) is 12.3. The monoisotopic (exact) mass is 641 g/mol. The maximum absolute atomic E-state index is 6.61. The molecule has 0 unspecified atom stereocenters. The van der Waals surface area contributed by atoms with Crippen molar-refractivity contribution in [2.24, 2.45) is 0 Å². The molecule has 0 fully saturated rings. The zero-order chi connectivity index (χ0) is 33.3. The fourth-order valence-corrected chi connectivity index (χ4v) is 6.59. The lowest BCUT2D eigenvalue weighted by Gasteiger charge is -2.25. The number of aromatic nitrogens is 2. The minimum absolute atomic E-state index is 0.689. The fourth-order valence-electron chi connectivity index (χ4n) is 6.59. The third kappa shape index (κ3) is 5.59. The van der Waals surface area contributed by atoms with Crippen molar-refractivity contribution in [3.05, 3.63) is 188 Å². The van der Waals surface area contributed by atoms with Crippen molar-refractivity contribution >= 4 is 39.0 Å². The Kier molecular flexibility index (Phi) is 7.45. The van der Waals surface area contributed by atoms with Gasteiger partial charge in [-0.1, -0.05) is 127 Å². The minimum Gasteiger partial charge on any atom is -0.456 e. The smallest absolute Gasteiger partial charge is 0.160 e. The van der Waals surface area contributed by atoms with Gasteiger partial charge in [-0.3, -0.25) is 0 Å². The van der Waals surface area contributed by atoms with Gasteiger partial charge in [0.2, 0.25) is 0 Å². The molecule has 236 valence electrons. The van der Waals surface area contributed by atoms with E-state index in [0.29, 0.717) is 5.82 Å². The second-order valence-corrected chi connectivity index (χ2v) is 12.3. The molecule has 0 aliphatic carbocycles. The molecule has 50 heavy (non-hydrogen) atoms. The zero-order valence-electron chi connectivity index (χ0n) is 27.1. The SMILES string of the molecule is c1ccc(-c2ccc(N(c3ccccc3)c3ccc4c(c3)oc3cc(-c5cc(-c6ccccc6)nc(-c6ccccc6)n5)ccc34)cc2)cc1. The van der Waals surface area contributed by atoms with Gasteiger partial charge in [-0.25, -0.2) is 9.97 Å². The van der Waals surface area contributed by atoms with Crippen molar-refractivity contribution in [3.63, 3.8) is 0 Å². The minimum atomic E-state index is 0.689. The summed E-state index contributed by atoms with van der Waals surface area (Å²) < 4.78 is 6.61. The third-order valence-electron chi connectivity index (χ3n) is 9.09. The maximum Gasteiger partial charge on any atom is 0.160 e. The van der Waals surface area contributed by atoms with Gasteiger partial charge in [-0.2, -0.15) is 0 Å². The Bertz CT molecular complexity index is 2510. The normalized spacial score (nSPS) is 11.2. The molecule has 2 aromatic heterocycles. The molecule has 0 saturated heterocycles. The van der Waals surface area contributed by atoms with Crippen LogP contribution in [0.15, 0.2) is 192 Å². The van der Waals surface area contributed by atoms with E-state index in [4.69, 9.17) is 14.4 Å². The molecule has 0 aliphatic heterocycles. The first-order chi connectivity index (χ1) is 24.8. The summed E-state index contributed by atoms with van der Waals surface area (Å²) in [5.74, 6) is 0.689. The molecule has 9 aromatic rings. The van der Waals surface area contributed by atoms with Crippen LogP contribution in [0.3, 0.4) is 0 Å².